The van der Waals surface area contributed by atoms with Crippen LogP contribution < -0.4 is 4.74 Å². The molecule has 0 fully saturated rings. The van der Waals surface area contributed by atoms with Crippen LogP contribution in [-0.4, -0.2) is 15.4 Å². The number of para-hydroxylation sites is 1. The maximum Gasteiger partial charge on any atom is 0.192 e. The maximum absolute atomic E-state index is 6.26. The monoisotopic (exact) mass is 252 g/mol. The summed E-state index contributed by atoms with van der Waals surface area (Å²) in [6.07, 6.45) is 0. The Morgan fingerprint density at radius 3 is 2.12 bits per heavy atom. The van der Waals surface area contributed by atoms with Crippen molar-refractivity contribution in [2.75, 3.05) is 7.11 Å². The lowest BCUT2D eigenvalue weighted by Crippen LogP contribution is -2.35. The van der Waals surface area contributed by atoms with E-state index in [4.69, 9.17) is 9.16 Å². The van der Waals surface area contributed by atoms with Gasteiger partial charge in [-0.3, -0.25) is 0 Å². The van der Waals surface area contributed by atoms with Crippen LogP contribution in [0.5, 0.6) is 5.75 Å². The third kappa shape index (κ3) is 3.58. The predicted molar refractivity (Wildman–Crippen MR) is 75.0 cm³/mol. The Balaban J connectivity index is 2.71. The predicted octanol–water partition coefficient (Wildman–Crippen LogP) is 4.22. The minimum absolute atomic E-state index is 0.686. The average molecular weight is 252 g/mol. The van der Waals surface area contributed by atoms with Gasteiger partial charge in [0, 0.05) is 5.56 Å². The van der Waals surface area contributed by atoms with E-state index in [0.717, 1.165) is 11.3 Å². The van der Waals surface area contributed by atoms with E-state index in [2.05, 4.69) is 26.8 Å². The van der Waals surface area contributed by atoms with Crippen LogP contribution in [0.1, 0.15) is 26.3 Å². The Morgan fingerprint density at radius 2 is 1.59 bits per heavy atom. The molecule has 0 aliphatic rings. The van der Waals surface area contributed by atoms with Gasteiger partial charge < -0.3 is 9.16 Å². The first kappa shape index (κ1) is 14.3. The van der Waals surface area contributed by atoms with Gasteiger partial charge in [0.05, 0.1) is 13.7 Å². The van der Waals surface area contributed by atoms with Crippen molar-refractivity contribution in [3.8, 4) is 5.75 Å². The van der Waals surface area contributed by atoms with Crippen LogP contribution in [0.15, 0.2) is 24.3 Å². The second-order valence-corrected chi connectivity index (χ2v) is 9.12. The average Bonchev–Trinajstić information content (AvgIpc) is 2.41. The third-order valence-electron chi connectivity index (χ3n) is 3.66. The molecule has 0 spiro atoms. The molecule has 2 nitrogen and oxygen atoms in total. The maximum atomic E-state index is 6.26. The molecule has 0 atom stereocenters. The van der Waals surface area contributed by atoms with Gasteiger partial charge in [0.2, 0.25) is 0 Å². The Morgan fingerprint density at radius 1 is 1.00 bits per heavy atom. The van der Waals surface area contributed by atoms with E-state index in [1.165, 1.54) is 18.1 Å². The summed E-state index contributed by atoms with van der Waals surface area (Å²) in [5.41, 5.74) is 1.15. The normalized spacial score (nSPS) is 11.5. The molecule has 0 aliphatic carbocycles. The van der Waals surface area contributed by atoms with Gasteiger partial charge in [0.1, 0.15) is 5.75 Å². The van der Waals surface area contributed by atoms with Crippen LogP contribution in [0.4, 0.5) is 0 Å². The molecule has 17 heavy (non-hydrogen) atoms. The van der Waals surface area contributed by atoms with Gasteiger partial charge in [-0.15, -0.1) is 0 Å². The van der Waals surface area contributed by atoms with Gasteiger partial charge in [-0.1, -0.05) is 39.0 Å². The molecule has 0 N–H and O–H groups in total. The highest BCUT2D eigenvalue weighted by Crippen LogP contribution is 2.25. The molecule has 0 saturated carbocycles. The fourth-order valence-electron chi connectivity index (χ4n) is 2.11. The van der Waals surface area contributed by atoms with Crippen molar-refractivity contribution in [2.45, 2.75) is 45.5 Å². The van der Waals surface area contributed by atoms with E-state index in [9.17, 15) is 0 Å². The van der Waals surface area contributed by atoms with Crippen molar-refractivity contribution in [1.82, 2.24) is 0 Å². The lowest BCUT2D eigenvalue weighted by atomic mass is 10.2. The summed E-state index contributed by atoms with van der Waals surface area (Å²) in [7, 11) is 0.220. The molecule has 3 heteroatoms. The fraction of sp³-hybridized carbons (Fsp3) is 0.571. The highest BCUT2D eigenvalue weighted by Gasteiger charge is 2.28. The standard InChI is InChI=1S/C14H24O2Si/c1-5-17(6-2,7-3)16-12-13-10-8-9-11-14(13)15-4/h8-11H,5-7,12H2,1-4H3. The fourth-order valence-corrected chi connectivity index (χ4v) is 4.68. The van der Waals surface area contributed by atoms with Gasteiger partial charge in [0.15, 0.2) is 8.32 Å². The molecule has 1 aromatic rings. The number of benzene rings is 1. The van der Waals surface area contributed by atoms with Crippen molar-refractivity contribution < 1.29 is 9.16 Å². The molecule has 0 amide bonds. The number of ether oxygens (including phenoxy) is 1. The summed E-state index contributed by atoms with van der Waals surface area (Å²) in [4.78, 5) is 0. The molecule has 0 bridgehead atoms. The second kappa shape index (κ2) is 6.82. The van der Waals surface area contributed by atoms with Gasteiger partial charge in [-0.2, -0.15) is 0 Å². The molecule has 0 aromatic heterocycles. The van der Waals surface area contributed by atoms with E-state index in [0.29, 0.717) is 6.61 Å². The van der Waals surface area contributed by atoms with Crippen molar-refractivity contribution >= 4 is 8.32 Å². The highest BCUT2D eigenvalue weighted by molar-refractivity contribution is 6.73. The van der Waals surface area contributed by atoms with Gasteiger partial charge in [-0.05, 0) is 24.2 Å². The number of hydrogen-bond donors (Lipinski definition) is 0. The summed E-state index contributed by atoms with van der Waals surface area (Å²) in [5, 5.41) is 0. The van der Waals surface area contributed by atoms with Gasteiger partial charge in [-0.25, -0.2) is 0 Å². The molecule has 0 radical (unpaired) electrons. The highest BCUT2D eigenvalue weighted by atomic mass is 28.4. The van der Waals surface area contributed by atoms with Crippen LogP contribution >= 0.6 is 0 Å². The minimum Gasteiger partial charge on any atom is -0.496 e. The van der Waals surface area contributed by atoms with Crippen LogP contribution in [0, 0.1) is 0 Å². The van der Waals surface area contributed by atoms with Crippen molar-refractivity contribution in [1.29, 1.82) is 0 Å². The molecular weight excluding hydrogens is 228 g/mol. The van der Waals surface area contributed by atoms with E-state index >= 15 is 0 Å². The van der Waals surface area contributed by atoms with E-state index in [1.807, 2.05) is 18.2 Å². The van der Waals surface area contributed by atoms with Crippen LogP contribution in [0.3, 0.4) is 0 Å². The van der Waals surface area contributed by atoms with Crippen LogP contribution in [0.25, 0.3) is 0 Å². The largest absolute Gasteiger partial charge is 0.496 e. The lowest BCUT2D eigenvalue weighted by molar-refractivity contribution is 0.279. The quantitative estimate of drug-likeness (QED) is 0.677. The summed E-state index contributed by atoms with van der Waals surface area (Å²) >= 11 is 0. The first-order valence-corrected chi connectivity index (χ1v) is 9.00. The summed E-state index contributed by atoms with van der Waals surface area (Å²) in [6, 6.07) is 11.7. The molecule has 0 unspecified atom stereocenters. The molecule has 0 heterocycles. The Labute approximate surface area is 106 Å². The van der Waals surface area contributed by atoms with Gasteiger partial charge >= 0.3 is 0 Å². The Hall–Kier alpha value is -0.803. The number of methoxy groups -OCH3 is 1. The topological polar surface area (TPSA) is 18.5 Å². The molecular formula is C14H24O2Si. The van der Waals surface area contributed by atoms with Crippen molar-refractivity contribution in [3.05, 3.63) is 29.8 Å². The van der Waals surface area contributed by atoms with E-state index < -0.39 is 8.32 Å². The Kier molecular flexibility index (Phi) is 5.72. The van der Waals surface area contributed by atoms with Crippen molar-refractivity contribution in [2.24, 2.45) is 0 Å². The Bertz CT molecular complexity index is 326. The molecule has 0 saturated heterocycles. The van der Waals surface area contributed by atoms with Crippen LogP contribution in [0.2, 0.25) is 18.1 Å². The van der Waals surface area contributed by atoms with E-state index in [1.54, 1.807) is 7.11 Å². The first-order chi connectivity index (χ1) is 8.21. The molecule has 1 aromatic carbocycles. The summed E-state index contributed by atoms with van der Waals surface area (Å²) in [5.74, 6) is 0.929. The molecule has 1 rings (SSSR count). The minimum atomic E-state index is -1.49. The molecule has 0 aliphatic heterocycles. The zero-order valence-corrected chi connectivity index (χ0v) is 12.5. The number of hydrogen-bond acceptors (Lipinski definition) is 2. The summed E-state index contributed by atoms with van der Waals surface area (Å²) < 4.78 is 11.6. The lowest BCUT2D eigenvalue weighted by Gasteiger charge is -2.28. The van der Waals surface area contributed by atoms with Crippen LogP contribution in [-0.2, 0) is 11.0 Å². The SMILES string of the molecule is CC[Si](CC)(CC)OCc1ccccc1OC. The zero-order valence-electron chi connectivity index (χ0n) is 11.5. The smallest absolute Gasteiger partial charge is 0.192 e. The van der Waals surface area contributed by atoms with Gasteiger partial charge in [0.25, 0.3) is 0 Å². The second-order valence-electron chi connectivity index (χ2n) is 4.34. The first-order valence-electron chi connectivity index (χ1n) is 6.47. The summed E-state index contributed by atoms with van der Waals surface area (Å²) in [6.45, 7) is 7.44. The van der Waals surface area contributed by atoms with Crippen molar-refractivity contribution in [3.63, 3.8) is 0 Å². The third-order valence-corrected chi connectivity index (χ3v) is 8.28. The molecule has 96 valence electrons. The zero-order chi connectivity index (χ0) is 12.7. The number of rotatable bonds is 7. The van der Waals surface area contributed by atoms with E-state index in [-0.39, 0.29) is 0 Å².